The second-order valence-electron chi connectivity index (χ2n) is 8.09. The lowest BCUT2D eigenvalue weighted by molar-refractivity contribution is -0.174. The topological polar surface area (TPSA) is 49.4 Å². The van der Waals surface area contributed by atoms with Crippen LogP contribution in [-0.2, 0) is 9.59 Å². The summed E-state index contributed by atoms with van der Waals surface area (Å²) < 4.78 is 51.1. The van der Waals surface area contributed by atoms with E-state index in [9.17, 15) is 27.2 Å². The van der Waals surface area contributed by atoms with Gasteiger partial charge in [-0.05, 0) is 42.4 Å². The van der Waals surface area contributed by atoms with Gasteiger partial charge < -0.3 is 10.2 Å². The van der Waals surface area contributed by atoms with E-state index in [1.165, 1.54) is 12.1 Å². The smallest absolute Gasteiger partial charge is 0.344 e. The Balaban J connectivity index is 1.94. The number of nitrogens with one attached hydrogen (secondary N) is 1. The zero-order valence-corrected chi connectivity index (χ0v) is 16.9. The number of carbonyl (C=O) groups is 2. The van der Waals surface area contributed by atoms with Gasteiger partial charge in [0.2, 0.25) is 11.8 Å². The maximum atomic E-state index is 13.1. The van der Waals surface area contributed by atoms with Crippen LogP contribution < -0.4 is 5.32 Å². The van der Waals surface area contributed by atoms with Crippen LogP contribution in [0.5, 0.6) is 0 Å². The minimum atomic E-state index is -4.45. The van der Waals surface area contributed by atoms with Crippen LogP contribution in [0.1, 0.15) is 51.5 Å². The van der Waals surface area contributed by atoms with Crippen molar-refractivity contribution in [3.63, 3.8) is 0 Å². The van der Waals surface area contributed by atoms with Crippen molar-refractivity contribution in [3.05, 3.63) is 35.6 Å². The summed E-state index contributed by atoms with van der Waals surface area (Å²) in [5, 5.41) is 2.49. The first kappa shape index (κ1) is 23.2. The van der Waals surface area contributed by atoms with E-state index < -0.39 is 30.5 Å². The lowest BCUT2D eigenvalue weighted by atomic mass is 9.89. The zero-order chi connectivity index (χ0) is 21.8. The van der Waals surface area contributed by atoms with E-state index in [0.717, 1.165) is 12.5 Å². The molecule has 1 aromatic rings. The molecule has 4 nitrogen and oxygen atoms in total. The number of alkyl halides is 3. The lowest BCUT2D eigenvalue weighted by Crippen LogP contribution is -2.53. The number of halogens is 4. The van der Waals surface area contributed by atoms with Crippen molar-refractivity contribution >= 4 is 11.8 Å². The molecule has 1 heterocycles. The van der Waals surface area contributed by atoms with E-state index in [-0.39, 0.29) is 23.6 Å². The minimum absolute atomic E-state index is 0.222. The van der Waals surface area contributed by atoms with Gasteiger partial charge in [0.05, 0.1) is 5.92 Å². The number of hydrogen-bond acceptors (Lipinski definition) is 2. The molecule has 8 heteroatoms. The molecule has 2 atom stereocenters. The van der Waals surface area contributed by atoms with Crippen molar-refractivity contribution in [2.75, 3.05) is 13.1 Å². The zero-order valence-electron chi connectivity index (χ0n) is 16.9. The van der Waals surface area contributed by atoms with Gasteiger partial charge in [0.1, 0.15) is 11.9 Å². The summed E-state index contributed by atoms with van der Waals surface area (Å²) >= 11 is 0. The highest BCUT2D eigenvalue weighted by atomic mass is 19.4. The van der Waals surface area contributed by atoms with E-state index in [1.807, 2.05) is 0 Å². The van der Waals surface area contributed by atoms with Gasteiger partial charge >= 0.3 is 6.18 Å². The Bertz CT molecular complexity index is 696. The molecule has 0 aliphatic carbocycles. The maximum absolute atomic E-state index is 13.1. The van der Waals surface area contributed by atoms with E-state index in [2.05, 4.69) is 5.32 Å². The van der Waals surface area contributed by atoms with Crippen LogP contribution >= 0.6 is 0 Å². The number of nitrogens with zero attached hydrogens (tertiary/aromatic N) is 1. The minimum Gasteiger partial charge on any atom is -0.344 e. The van der Waals surface area contributed by atoms with Gasteiger partial charge in [0, 0.05) is 19.5 Å². The normalized spacial score (nSPS) is 17.9. The van der Waals surface area contributed by atoms with Crippen molar-refractivity contribution in [1.82, 2.24) is 10.2 Å². The maximum Gasteiger partial charge on any atom is 0.392 e. The van der Waals surface area contributed by atoms with Crippen LogP contribution in [0, 0.1) is 17.7 Å². The average molecular weight is 416 g/mol. The van der Waals surface area contributed by atoms with E-state index in [4.69, 9.17) is 0 Å². The third-order valence-electron chi connectivity index (χ3n) is 5.45. The van der Waals surface area contributed by atoms with Crippen molar-refractivity contribution in [3.8, 4) is 0 Å². The highest BCUT2D eigenvalue weighted by Crippen LogP contribution is 2.30. The summed E-state index contributed by atoms with van der Waals surface area (Å²) in [4.78, 5) is 26.6. The van der Waals surface area contributed by atoms with Crippen LogP contribution in [0.3, 0.4) is 0 Å². The largest absolute Gasteiger partial charge is 0.392 e. The molecule has 1 saturated heterocycles. The molecule has 2 rings (SSSR count). The Kier molecular flexibility index (Phi) is 7.66. The summed E-state index contributed by atoms with van der Waals surface area (Å²) in [5.41, 5.74) is 1.02. The Morgan fingerprint density at radius 3 is 2.14 bits per heavy atom. The van der Waals surface area contributed by atoms with Crippen molar-refractivity contribution < 1.29 is 27.2 Å². The fourth-order valence-electron chi connectivity index (χ4n) is 3.50. The quantitative estimate of drug-likeness (QED) is 0.705. The van der Waals surface area contributed by atoms with Crippen LogP contribution in [-0.4, -0.2) is 42.0 Å². The molecule has 2 amide bonds. The summed E-state index contributed by atoms with van der Waals surface area (Å²) in [5.74, 6) is -3.14. The van der Waals surface area contributed by atoms with Gasteiger partial charge in [-0.3, -0.25) is 9.59 Å². The monoisotopic (exact) mass is 416 g/mol. The van der Waals surface area contributed by atoms with Gasteiger partial charge in [-0.15, -0.1) is 0 Å². The number of piperidine rings is 1. The SMILES string of the molecule is CC(C)[C@@H](NC(=O)CC(C)C(F)(F)F)C(=O)N1CCC(c2ccc(F)cc2)CC1. The summed E-state index contributed by atoms with van der Waals surface area (Å²) in [6.07, 6.45) is -3.73. The number of hydrogen-bond donors (Lipinski definition) is 1. The molecule has 1 N–H and O–H groups in total. The molecule has 1 aromatic carbocycles. The Morgan fingerprint density at radius 1 is 1.10 bits per heavy atom. The fraction of sp³-hybridized carbons (Fsp3) is 0.619. The first-order valence-electron chi connectivity index (χ1n) is 9.89. The number of likely N-dealkylation sites (tertiary alicyclic amines) is 1. The standard InChI is InChI=1S/C21H28F4N2O2/c1-13(2)19(26-18(28)12-14(3)21(23,24)25)20(29)27-10-8-16(9-11-27)15-4-6-17(22)7-5-15/h4-7,13-14,16,19H,8-12H2,1-3H3,(H,26,28)/t14?,19-/m1/s1. The highest BCUT2D eigenvalue weighted by molar-refractivity contribution is 5.88. The van der Waals surface area contributed by atoms with Gasteiger partial charge in [0.15, 0.2) is 0 Å². The molecule has 29 heavy (non-hydrogen) atoms. The van der Waals surface area contributed by atoms with Crippen molar-refractivity contribution in [1.29, 1.82) is 0 Å². The average Bonchev–Trinajstić information content (AvgIpc) is 2.65. The van der Waals surface area contributed by atoms with Crippen LogP contribution in [0.25, 0.3) is 0 Å². The van der Waals surface area contributed by atoms with E-state index >= 15 is 0 Å². The molecule has 0 spiro atoms. The Labute approximate surface area is 168 Å². The number of benzene rings is 1. The van der Waals surface area contributed by atoms with Gasteiger partial charge in [-0.25, -0.2) is 4.39 Å². The first-order chi connectivity index (χ1) is 13.5. The molecule has 0 bridgehead atoms. The Morgan fingerprint density at radius 2 is 1.66 bits per heavy atom. The highest BCUT2D eigenvalue weighted by Gasteiger charge is 2.38. The second kappa shape index (κ2) is 9.59. The summed E-state index contributed by atoms with van der Waals surface area (Å²) in [7, 11) is 0. The van der Waals surface area contributed by atoms with Crippen LogP contribution in [0.4, 0.5) is 17.6 Å². The molecule has 0 saturated carbocycles. The molecule has 1 fully saturated rings. The third-order valence-corrected chi connectivity index (χ3v) is 5.45. The third kappa shape index (κ3) is 6.44. The van der Waals surface area contributed by atoms with E-state index in [0.29, 0.717) is 25.9 Å². The summed E-state index contributed by atoms with van der Waals surface area (Å²) in [6, 6.07) is 5.47. The van der Waals surface area contributed by atoms with Crippen LogP contribution in [0.15, 0.2) is 24.3 Å². The van der Waals surface area contributed by atoms with Gasteiger partial charge in [-0.1, -0.05) is 32.9 Å². The molecule has 0 radical (unpaired) electrons. The molecule has 1 aliphatic rings. The predicted octanol–water partition coefficient (Wildman–Crippen LogP) is 4.26. The molecule has 1 aliphatic heterocycles. The molecular weight excluding hydrogens is 388 g/mol. The molecule has 1 unspecified atom stereocenters. The summed E-state index contributed by atoms with van der Waals surface area (Å²) in [6.45, 7) is 5.42. The first-order valence-corrected chi connectivity index (χ1v) is 9.89. The predicted molar refractivity (Wildman–Crippen MR) is 102 cm³/mol. The number of amides is 2. The number of rotatable bonds is 6. The Hall–Kier alpha value is -2.12. The van der Waals surface area contributed by atoms with Crippen molar-refractivity contribution in [2.45, 2.75) is 58.2 Å². The molecule has 0 aromatic heterocycles. The lowest BCUT2D eigenvalue weighted by Gasteiger charge is -2.35. The van der Waals surface area contributed by atoms with Gasteiger partial charge in [-0.2, -0.15) is 13.2 Å². The molecule has 162 valence electrons. The molecular formula is C21H28F4N2O2. The van der Waals surface area contributed by atoms with Crippen molar-refractivity contribution in [2.24, 2.45) is 11.8 Å². The van der Waals surface area contributed by atoms with Crippen LogP contribution in [0.2, 0.25) is 0 Å². The number of carbonyl (C=O) groups excluding carboxylic acids is 2. The van der Waals surface area contributed by atoms with Gasteiger partial charge in [0.25, 0.3) is 0 Å². The fourth-order valence-corrected chi connectivity index (χ4v) is 3.50. The second-order valence-corrected chi connectivity index (χ2v) is 8.09. The van der Waals surface area contributed by atoms with E-state index in [1.54, 1.807) is 30.9 Å².